The Bertz CT molecular complexity index is 6110. The summed E-state index contributed by atoms with van der Waals surface area (Å²) in [5, 5.41) is 40.0. The lowest BCUT2D eigenvalue weighted by Gasteiger charge is -2.20. The number of nitrogens with zero attached hydrogens (tertiary/aromatic N) is 6. The molecule has 0 saturated carbocycles. The Labute approximate surface area is 765 Å². The predicted molar refractivity (Wildman–Crippen MR) is 525 cm³/mol. The molecule has 21 rings (SSSR count). The van der Waals surface area contributed by atoms with Gasteiger partial charge in [0.2, 0.25) is 0 Å². The molecule has 12 bridgehead atoms. The maximum absolute atomic E-state index is 6.50. The minimum Gasteiger partial charge on any atom is -0.493 e. The van der Waals surface area contributed by atoms with Crippen molar-refractivity contribution >= 4 is 98.8 Å². The van der Waals surface area contributed by atoms with E-state index in [1.807, 2.05) is 146 Å². The minimum absolute atomic E-state index is 0.499. The van der Waals surface area contributed by atoms with Crippen molar-refractivity contribution in [2.75, 3.05) is 79.3 Å². The highest BCUT2D eigenvalue weighted by Crippen LogP contribution is 2.50. The first-order chi connectivity index (χ1) is 65.4. The molecule has 0 fully saturated rings. The molecule has 0 aromatic heterocycles. The van der Waals surface area contributed by atoms with E-state index in [4.69, 9.17) is 56.8 Å². The van der Waals surface area contributed by atoms with Gasteiger partial charge in [-0.05, 0) is 174 Å². The van der Waals surface area contributed by atoms with E-state index in [1.54, 1.807) is 0 Å². The molecule has 0 unspecified atom stereocenters. The largest absolute Gasteiger partial charge is 0.493 e. The highest BCUT2D eigenvalue weighted by Gasteiger charge is 2.24. The number of rotatable bonds is 0. The summed E-state index contributed by atoms with van der Waals surface area (Å²) in [6, 6.07) is 122. The quantitative estimate of drug-likeness (QED) is 0.140. The zero-order valence-corrected chi connectivity index (χ0v) is 73.0. The second-order valence-electron chi connectivity index (χ2n) is 31.8. The van der Waals surface area contributed by atoms with Crippen LogP contribution < -0.4 is 56.8 Å². The monoisotopic (exact) mass is 1740 g/mol. The van der Waals surface area contributed by atoms with E-state index >= 15 is 0 Å². The van der Waals surface area contributed by atoms with Crippen molar-refractivity contribution in [3.05, 3.63) is 364 Å². The van der Waals surface area contributed by atoms with E-state index in [0.29, 0.717) is 118 Å². The second kappa shape index (κ2) is 42.2. The van der Waals surface area contributed by atoms with E-state index in [0.717, 1.165) is 201 Å². The van der Waals surface area contributed by atoms with E-state index in [2.05, 4.69) is 249 Å². The van der Waals surface area contributed by atoms with Gasteiger partial charge in [-0.1, -0.05) is 218 Å². The van der Waals surface area contributed by atoms with Crippen molar-refractivity contribution in [1.29, 1.82) is 0 Å². The first kappa shape index (κ1) is 85.4. The van der Waals surface area contributed by atoms with Crippen molar-refractivity contribution in [3.8, 4) is 102 Å². The maximum Gasteiger partial charge on any atom is 0.127 e. The molecule has 0 saturated heterocycles. The minimum atomic E-state index is 0.499. The van der Waals surface area contributed by atoms with E-state index in [9.17, 15) is 0 Å². The SMILES string of the molecule is c1cc2cc(c1)OCCCOc1ccc3ccccc3c1-c1c(ccc3ccccc13)OCCCOc1cccc(c1)N=N2.c1cc2cc(c1)OCCCOc1ccc3ccccc3c1-c1c(ccc3ccccc13)OCCCOc1cccc(c1)N=N2.c1cc2cc(c1)OCCCOc1ccc3ccccc3c1-c1c(ccc3ccccc13)OCCCOc1cccc(c1)N=N2. The molecule has 3 heterocycles. The summed E-state index contributed by atoms with van der Waals surface area (Å²) in [5.74, 6) is 9.35. The molecule has 18 aromatic carbocycles. The molecule has 3 aliphatic heterocycles. The van der Waals surface area contributed by atoms with E-state index < -0.39 is 0 Å². The highest BCUT2D eigenvalue weighted by atomic mass is 16.5. The van der Waals surface area contributed by atoms with Gasteiger partial charge in [0.25, 0.3) is 0 Å². The third-order valence-electron chi connectivity index (χ3n) is 22.7. The van der Waals surface area contributed by atoms with Crippen molar-refractivity contribution in [2.45, 2.75) is 38.5 Å². The van der Waals surface area contributed by atoms with Crippen LogP contribution in [0.1, 0.15) is 38.5 Å². The van der Waals surface area contributed by atoms with Crippen LogP contribution >= 0.6 is 0 Å². The summed E-state index contributed by atoms with van der Waals surface area (Å²) in [7, 11) is 0. The van der Waals surface area contributed by atoms with Crippen molar-refractivity contribution in [2.24, 2.45) is 30.7 Å². The summed E-state index contributed by atoms with van der Waals surface area (Å²) in [6.07, 6.45) is 4.27. The average Bonchev–Trinajstić information content (AvgIpc) is 0.761. The maximum atomic E-state index is 6.50. The Kier molecular flexibility index (Phi) is 27.3. The number of ether oxygens (including phenoxy) is 12. The summed E-state index contributed by atoms with van der Waals surface area (Å²) in [4.78, 5) is 0. The van der Waals surface area contributed by atoms with Gasteiger partial charge in [0.05, 0.1) is 113 Å². The van der Waals surface area contributed by atoms with Crippen LogP contribution in [0.25, 0.3) is 98.0 Å². The average molecular weight is 1740 g/mol. The second-order valence-corrected chi connectivity index (χ2v) is 31.8. The van der Waals surface area contributed by atoms with Gasteiger partial charge in [0, 0.05) is 108 Å². The van der Waals surface area contributed by atoms with E-state index in [-0.39, 0.29) is 0 Å². The standard InChI is InChI=1S/3C38H32N2O4/c3*1-3-15-33-27(9-1)17-19-35-37(33)38-34-16-4-2-10-28(34)18-20-36(38)44-24-8-22-42-32-14-6-12-30(26-32)40-39-29-11-5-13-31(25-29)41-21-7-23-43-35/h3*1-6,9-20,25-26H,7-8,21-24H2. The highest BCUT2D eigenvalue weighted by molar-refractivity contribution is 6.13. The van der Waals surface area contributed by atoms with Gasteiger partial charge in [-0.2, -0.15) is 30.7 Å². The summed E-state index contributed by atoms with van der Waals surface area (Å²) < 4.78 is 75.3. The van der Waals surface area contributed by atoms with Gasteiger partial charge in [0.1, 0.15) is 69.0 Å². The Balaban J connectivity index is 0.000000128. The van der Waals surface area contributed by atoms with Gasteiger partial charge in [-0.3, -0.25) is 0 Å². The summed E-state index contributed by atoms with van der Waals surface area (Å²) in [6.45, 7) is 6.03. The molecule has 0 spiro atoms. The van der Waals surface area contributed by atoms with Gasteiger partial charge in [-0.25, -0.2) is 0 Å². The molecule has 18 nitrogen and oxygen atoms in total. The molecule has 0 N–H and O–H groups in total. The summed E-state index contributed by atoms with van der Waals surface area (Å²) in [5.41, 5.74) is 10.5. The molecule has 0 amide bonds. The fourth-order valence-corrected chi connectivity index (χ4v) is 16.5. The third kappa shape index (κ3) is 21.0. The lowest BCUT2D eigenvalue weighted by molar-refractivity contribution is 0.246. The van der Waals surface area contributed by atoms with Gasteiger partial charge >= 0.3 is 0 Å². The number of fused-ring (bicyclic) bond motifs is 33. The predicted octanol–water partition coefficient (Wildman–Crippen LogP) is 30.3. The number of hydrogen-bond donors (Lipinski definition) is 0. The zero-order chi connectivity index (χ0) is 88.7. The Morgan fingerprint density at radius 3 is 0.455 bits per heavy atom. The normalized spacial score (nSPS) is 14.0. The topological polar surface area (TPSA) is 185 Å². The molecule has 3 aliphatic rings. The van der Waals surface area contributed by atoms with Crippen LogP contribution in [0.5, 0.6) is 69.0 Å². The molecular weight excluding hydrogens is 1650 g/mol. The Morgan fingerprint density at radius 2 is 0.288 bits per heavy atom. The van der Waals surface area contributed by atoms with Gasteiger partial charge in [-0.15, -0.1) is 0 Å². The number of hydrogen-bond acceptors (Lipinski definition) is 18. The van der Waals surface area contributed by atoms with Crippen LogP contribution in [0, 0.1) is 0 Å². The van der Waals surface area contributed by atoms with Crippen LogP contribution in [0.15, 0.2) is 395 Å². The lowest BCUT2D eigenvalue weighted by Crippen LogP contribution is -2.07. The van der Waals surface area contributed by atoms with Gasteiger partial charge in [0.15, 0.2) is 0 Å². The first-order valence-electron chi connectivity index (χ1n) is 45.0. The molecule has 654 valence electrons. The van der Waals surface area contributed by atoms with Crippen molar-refractivity contribution in [3.63, 3.8) is 0 Å². The zero-order valence-electron chi connectivity index (χ0n) is 73.0. The summed E-state index contributed by atoms with van der Waals surface area (Å²) >= 11 is 0. The Morgan fingerprint density at radius 1 is 0.136 bits per heavy atom. The fourth-order valence-electron chi connectivity index (χ4n) is 16.5. The smallest absolute Gasteiger partial charge is 0.127 e. The number of benzene rings is 18. The fraction of sp³-hybridized carbons (Fsp3) is 0.158. The van der Waals surface area contributed by atoms with Crippen LogP contribution in [-0.4, -0.2) is 79.3 Å². The Hall–Kier alpha value is -16.1. The molecule has 0 radical (unpaired) electrons. The van der Waals surface area contributed by atoms with Crippen LogP contribution in [0.3, 0.4) is 0 Å². The van der Waals surface area contributed by atoms with Gasteiger partial charge < -0.3 is 56.8 Å². The first-order valence-corrected chi connectivity index (χ1v) is 45.0. The molecular formula is C114H96N6O12. The van der Waals surface area contributed by atoms with Crippen molar-refractivity contribution in [1.82, 2.24) is 0 Å². The van der Waals surface area contributed by atoms with E-state index in [1.165, 1.54) is 0 Å². The van der Waals surface area contributed by atoms with Crippen LogP contribution in [0.2, 0.25) is 0 Å². The lowest BCUT2D eigenvalue weighted by atomic mass is 9.92. The molecule has 0 atom stereocenters. The number of azo groups is 3. The molecule has 132 heavy (non-hydrogen) atoms. The molecule has 18 aromatic rings. The van der Waals surface area contributed by atoms with Crippen LogP contribution in [0.4, 0.5) is 34.1 Å². The molecule has 0 aliphatic carbocycles. The van der Waals surface area contributed by atoms with Crippen LogP contribution in [-0.2, 0) is 0 Å². The third-order valence-corrected chi connectivity index (χ3v) is 22.7. The molecule has 18 heteroatoms. The van der Waals surface area contributed by atoms with Crippen molar-refractivity contribution < 1.29 is 56.8 Å².